The van der Waals surface area contributed by atoms with E-state index < -0.39 is 0 Å². The van der Waals surface area contributed by atoms with Crippen molar-refractivity contribution in [2.75, 3.05) is 18.0 Å². The van der Waals surface area contributed by atoms with Gasteiger partial charge in [0.2, 0.25) is 5.69 Å². The second-order valence-corrected chi connectivity index (χ2v) is 8.97. The summed E-state index contributed by atoms with van der Waals surface area (Å²) in [6.07, 6.45) is 7.01. The largest absolute Gasteiger partial charge is 0.457 e. The van der Waals surface area contributed by atoms with E-state index in [1.165, 1.54) is 53.4 Å². The van der Waals surface area contributed by atoms with E-state index in [2.05, 4.69) is 70.4 Å². The lowest BCUT2D eigenvalue weighted by molar-refractivity contribution is -0.657. The maximum atomic E-state index is 5.91. The van der Waals surface area contributed by atoms with Crippen LogP contribution in [0.25, 0.3) is 23.4 Å². The van der Waals surface area contributed by atoms with Gasteiger partial charge >= 0.3 is 0 Å². The average molecular weight is 440 g/mol. The van der Waals surface area contributed by atoms with Gasteiger partial charge in [-0.15, -0.1) is 0 Å². The third-order valence-corrected chi connectivity index (χ3v) is 6.89. The van der Waals surface area contributed by atoms with Crippen LogP contribution in [0.2, 0.25) is 0 Å². The van der Waals surface area contributed by atoms with E-state index in [-0.39, 0.29) is 0 Å². The SMILES string of the molecule is C[n+]1c(-c2ccc(Oc3ccccc3)cc2)csc1C=Cc1ccc(N2CCCC2)cc1. The third kappa shape index (κ3) is 4.61. The fourth-order valence-corrected chi connectivity index (χ4v) is 4.99. The number of hydrogen-bond acceptors (Lipinski definition) is 3. The summed E-state index contributed by atoms with van der Waals surface area (Å²) < 4.78 is 8.16. The van der Waals surface area contributed by atoms with E-state index in [0.29, 0.717) is 0 Å². The Bertz CT molecular complexity index is 1190. The van der Waals surface area contributed by atoms with Crippen molar-refractivity contribution in [1.29, 1.82) is 0 Å². The van der Waals surface area contributed by atoms with Gasteiger partial charge in [-0.05, 0) is 73.0 Å². The van der Waals surface area contributed by atoms with E-state index in [4.69, 9.17) is 4.74 Å². The summed E-state index contributed by atoms with van der Waals surface area (Å²) in [7, 11) is 2.12. The molecule has 1 saturated heterocycles. The molecule has 1 aliphatic rings. The maximum absolute atomic E-state index is 5.91. The van der Waals surface area contributed by atoms with Gasteiger partial charge in [-0.25, -0.2) is 0 Å². The molecule has 1 aromatic heterocycles. The summed E-state index contributed by atoms with van der Waals surface area (Å²) >= 11 is 1.76. The molecular formula is C28H27N2OS+. The van der Waals surface area contributed by atoms with Gasteiger partial charge in [0.05, 0.1) is 5.38 Å². The smallest absolute Gasteiger partial charge is 0.261 e. The van der Waals surface area contributed by atoms with E-state index >= 15 is 0 Å². The number of hydrogen-bond donors (Lipinski definition) is 0. The van der Waals surface area contributed by atoms with Crippen molar-refractivity contribution in [1.82, 2.24) is 0 Å². The Morgan fingerprint density at radius 2 is 1.50 bits per heavy atom. The summed E-state index contributed by atoms with van der Waals surface area (Å²) in [5.74, 6) is 1.69. The normalized spacial score (nSPS) is 13.7. The van der Waals surface area contributed by atoms with Gasteiger partial charge < -0.3 is 9.64 Å². The first kappa shape index (κ1) is 20.5. The second kappa shape index (κ2) is 9.41. The van der Waals surface area contributed by atoms with Crippen molar-refractivity contribution in [3.63, 3.8) is 0 Å². The first-order chi connectivity index (χ1) is 15.8. The molecule has 5 rings (SSSR count). The van der Waals surface area contributed by atoms with E-state index in [9.17, 15) is 0 Å². The van der Waals surface area contributed by atoms with Crippen molar-refractivity contribution in [2.45, 2.75) is 12.8 Å². The first-order valence-corrected chi connectivity index (χ1v) is 12.0. The highest BCUT2D eigenvalue weighted by molar-refractivity contribution is 7.10. The summed E-state index contributed by atoms with van der Waals surface area (Å²) in [5, 5.41) is 3.43. The van der Waals surface area contributed by atoms with Crippen molar-refractivity contribution in [3.05, 3.63) is 94.8 Å². The highest BCUT2D eigenvalue weighted by Gasteiger charge is 2.16. The summed E-state index contributed by atoms with van der Waals surface area (Å²) in [6, 6.07) is 27.1. The Balaban J connectivity index is 1.28. The van der Waals surface area contributed by atoms with Crippen molar-refractivity contribution in [3.8, 4) is 22.8 Å². The quantitative estimate of drug-likeness (QED) is 0.307. The van der Waals surface area contributed by atoms with Crippen LogP contribution in [0.4, 0.5) is 5.69 Å². The molecule has 0 atom stereocenters. The predicted molar refractivity (Wildman–Crippen MR) is 134 cm³/mol. The molecule has 0 spiro atoms. The standard InChI is InChI=1S/C28H27N2OS/c1-29-27(23-12-16-26(17-13-23)31-25-7-3-2-4-8-25)21-32-28(29)18-11-22-9-14-24(15-10-22)30-19-5-6-20-30/h2-4,7-18,21H,5-6,19-20H2,1H3/q+1. The zero-order valence-electron chi connectivity index (χ0n) is 18.3. The molecule has 32 heavy (non-hydrogen) atoms. The second-order valence-electron chi connectivity index (χ2n) is 8.08. The molecule has 0 amide bonds. The summed E-state index contributed by atoms with van der Waals surface area (Å²) in [5.41, 5.74) is 4.94. The predicted octanol–water partition coefficient (Wildman–Crippen LogP) is 6.80. The molecule has 1 fully saturated rings. The first-order valence-electron chi connectivity index (χ1n) is 11.1. The molecule has 3 nitrogen and oxygen atoms in total. The van der Waals surface area contributed by atoms with Crippen molar-refractivity contribution >= 4 is 29.2 Å². The molecular weight excluding hydrogens is 412 g/mol. The molecule has 0 unspecified atom stereocenters. The third-order valence-electron chi connectivity index (χ3n) is 5.89. The highest BCUT2D eigenvalue weighted by Crippen LogP contribution is 2.26. The van der Waals surface area contributed by atoms with Gasteiger partial charge in [0, 0.05) is 30.4 Å². The van der Waals surface area contributed by atoms with Crippen LogP contribution in [0, 0.1) is 0 Å². The van der Waals surface area contributed by atoms with Gasteiger partial charge in [0.1, 0.15) is 18.5 Å². The maximum Gasteiger partial charge on any atom is 0.261 e. The number of anilines is 1. The molecule has 1 aliphatic heterocycles. The summed E-state index contributed by atoms with van der Waals surface area (Å²) in [4.78, 5) is 2.47. The minimum atomic E-state index is 0.843. The van der Waals surface area contributed by atoms with Crippen LogP contribution in [0.3, 0.4) is 0 Å². The van der Waals surface area contributed by atoms with E-state index in [0.717, 1.165) is 11.5 Å². The van der Waals surface area contributed by atoms with Crippen LogP contribution in [-0.2, 0) is 7.05 Å². The number of nitrogens with zero attached hydrogens (tertiary/aromatic N) is 2. The lowest BCUT2D eigenvalue weighted by atomic mass is 10.1. The summed E-state index contributed by atoms with van der Waals surface area (Å²) in [6.45, 7) is 2.37. The molecule has 0 saturated carbocycles. The van der Waals surface area contributed by atoms with Gasteiger partial charge in [-0.3, -0.25) is 0 Å². The number of para-hydroxylation sites is 1. The Labute approximate surface area is 193 Å². The van der Waals surface area contributed by atoms with Gasteiger partial charge in [0.15, 0.2) is 0 Å². The lowest BCUT2D eigenvalue weighted by Gasteiger charge is -2.17. The molecule has 0 N–H and O–H groups in total. The Kier molecular flexibility index (Phi) is 6.04. The molecule has 3 aromatic carbocycles. The van der Waals surface area contributed by atoms with Crippen LogP contribution < -0.4 is 14.2 Å². The Morgan fingerprint density at radius 3 is 2.22 bits per heavy atom. The molecule has 0 radical (unpaired) electrons. The fourth-order valence-electron chi connectivity index (χ4n) is 4.06. The molecule has 2 heterocycles. The topological polar surface area (TPSA) is 16.4 Å². The fraction of sp³-hybridized carbons (Fsp3) is 0.179. The van der Waals surface area contributed by atoms with Crippen molar-refractivity contribution in [2.24, 2.45) is 7.05 Å². The zero-order chi connectivity index (χ0) is 21.8. The Hall–Kier alpha value is -3.37. The monoisotopic (exact) mass is 439 g/mol. The molecule has 4 heteroatoms. The average Bonchev–Trinajstić information content (AvgIpc) is 3.50. The number of aromatic nitrogens is 1. The van der Waals surface area contributed by atoms with Crippen LogP contribution in [-0.4, -0.2) is 13.1 Å². The number of thiazole rings is 1. The number of ether oxygens (including phenoxy) is 1. The van der Waals surface area contributed by atoms with Crippen LogP contribution in [0.5, 0.6) is 11.5 Å². The Morgan fingerprint density at radius 1 is 0.812 bits per heavy atom. The van der Waals surface area contributed by atoms with Crippen LogP contribution >= 0.6 is 11.3 Å². The van der Waals surface area contributed by atoms with E-state index in [1.807, 2.05) is 42.5 Å². The molecule has 0 aliphatic carbocycles. The minimum Gasteiger partial charge on any atom is -0.457 e. The lowest BCUT2D eigenvalue weighted by Crippen LogP contribution is -2.30. The van der Waals surface area contributed by atoms with Crippen LogP contribution in [0.1, 0.15) is 23.4 Å². The molecule has 0 bridgehead atoms. The van der Waals surface area contributed by atoms with Gasteiger partial charge in [-0.2, -0.15) is 4.57 Å². The number of benzene rings is 3. The minimum absolute atomic E-state index is 0.843. The van der Waals surface area contributed by atoms with Crippen molar-refractivity contribution < 1.29 is 9.30 Å². The van der Waals surface area contributed by atoms with Crippen LogP contribution in [0.15, 0.2) is 84.2 Å². The highest BCUT2D eigenvalue weighted by atomic mass is 32.1. The molecule has 160 valence electrons. The van der Waals surface area contributed by atoms with Gasteiger partial charge in [-0.1, -0.05) is 41.7 Å². The van der Waals surface area contributed by atoms with Gasteiger partial charge in [0.25, 0.3) is 5.01 Å². The zero-order valence-corrected chi connectivity index (χ0v) is 19.1. The number of rotatable bonds is 6. The van der Waals surface area contributed by atoms with E-state index in [1.54, 1.807) is 11.3 Å². The molecule has 4 aromatic rings.